The molecule has 0 amide bonds. The summed E-state index contributed by atoms with van der Waals surface area (Å²) < 4.78 is 31.9. The van der Waals surface area contributed by atoms with E-state index in [0.29, 0.717) is 47.8 Å². The maximum atomic E-state index is 6.21. The van der Waals surface area contributed by atoms with Crippen LogP contribution in [0.5, 0.6) is 23.0 Å². The summed E-state index contributed by atoms with van der Waals surface area (Å²) in [7, 11) is 0. The second-order valence-corrected chi connectivity index (χ2v) is 29.8. The number of nitrogens with zero attached hydrogens (tertiary/aromatic N) is 16. The van der Waals surface area contributed by atoms with Crippen molar-refractivity contribution >= 4 is 45.9 Å². The minimum Gasteiger partial charge on any atom is -0.486 e. The van der Waals surface area contributed by atoms with Crippen molar-refractivity contribution in [2.75, 3.05) is 46.0 Å². The third-order valence-electron chi connectivity index (χ3n) is 20.8. The van der Waals surface area contributed by atoms with Crippen LogP contribution in [-0.4, -0.2) is 131 Å². The summed E-state index contributed by atoms with van der Waals surface area (Å²) in [4.78, 5) is 30.0. The Morgan fingerprint density at radius 3 is 0.722 bits per heavy atom. The van der Waals surface area contributed by atoms with Crippen molar-refractivity contribution in [2.45, 2.75) is 271 Å². The van der Waals surface area contributed by atoms with Gasteiger partial charge < -0.3 is 38.5 Å². The van der Waals surface area contributed by atoms with Crippen molar-refractivity contribution in [2.24, 2.45) is 0 Å². The van der Waals surface area contributed by atoms with Crippen LogP contribution in [0, 0.1) is 0 Å². The van der Waals surface area contributed by atoms with Crippen LogP contribution in [0.3, 0.4) is 0 Å². The number of aromatic nitrogens is 12. The average Bonchev–Trinajstić information content (AvgIpc) is 1.29. The fourth-order valence-electron chi connectivity index (χ4n) is 16.0. The number of hydrogen-bond donors (Lipinski definition) is 0. The standard InChI is InChI=1S/C19H28N4O.C18H26N4O.C17H24N4O.C16H22N4O/c1-13(2)15-10-20-22-11-16-18(21-17(15)22)23(14(3)4)19(12-24-16)8-6-5-7-9-19;1-12(2)14-9-19-21-10-15-17(20-16(14)21)22(13(3)4)18(11-23-15)7-5-6-8-18;1-11(2)13-8-18-20-9-14-16(19-15(13)20)21(12(3)4)17(10-22-14)6-5-7-17;1-10(2)12-7-17-19-8-13-15(18-14(12)19)20(11(3)4)16(5-6-16)9-21-13/h10-11,13-14H,5-9,12H2,1-4H3;9-10,12-13H,5-8,11H2,1-4H3;8-9,11-12H,5-7,10H2,1-4H3;7-8,10-11H,5-6,9H2,1-4H3. The van der Waals surface area contributed by atoms with Gasteiger partial charge in [-0.3, -0.25) is 0 Å². The van der Waals surface area contributed by atoms with E-state index < -0.39 is 0 Å². The Morgan fingerprint density at radius 2 is 0.522 bits per heavy atom. The number of anilines is 4. The molecule has 8 aromatic rings. The molecule has 0 bridgehead atoms. The minimum atomic E-state index is 0.114. The molecule has 20 nitrogen and oxygen atoms in total. The Kier molecular flexibility index (Phi) is 16.1. The normalized spacial score (nSPS) is 19.7. The van der Waals surface area contributed by atoms with Gasteiger partial charge in [-0.15, -0.1) is 0 Å². The van der Waals surface area contributed by atoms with Gasteiger partial charge in [-0.2, -0.15) is 20.4 Å². The van der Waals surface area contributed by atoms with E-state index >= 15 is 0 Å². The summed E-state index contributed by atoms with van der Waals surface area (Å²) in [5, 5.41) is 17.8. The van der Waals surface area contributed by atoms with Crippen molar-refractivity contribution in [1.82, 2.24) is 58.4 Å². The Balaban J connectivity index is 0.000000110. The lowest BCUT2D eigenvalue weighted by molar-refractivity contribution is 0.106. The Bertz CT molecular complexity index is 3890. The van der Waals surface area contributed by atoms with Gasteiger partial charge in [0.25, 0.3) is 0 Å². The predicted molar refractivity (Wildman–Crippen MR) is 356 cm³/mol. The molecule has 90 heavy (non-hydrogen) atoms. The molecule has 4 spiro atoms. The van der Waals surface area contributed by atoms with Crippen molar-refractivity contribution in [1.29, 1.82) is 0 Å². The van der Waals surface area contributed by atoms with E-state index in [0.717, 1.165) is 95.3 Å². The second-order valence-electron chi connectivity index (χ2n) is 29.8. The summed E-state index contributed by atoms with van der Waals surface area (Å²) in [5.41, 5.74) is 9.20. The molecule has 0 aromatic carbocycles. The highest BCUT2D eigenvalue weighted by molar-refractivity contribution is 5.67. The first-order chi connectivity index (χ1) is 43.1. The summed E-state index contributed by atoms with van der Waals surface area (Å²) in [6.45, 7) is 38.6. The van der Waals surface area contributed by atoms with Gasteiger partial charge in [-0.05, 0) is 137 Å². The summed E-state index contributed by atoms with van der Waals surface area (Å²) in [6.07, 6.45) is 33.1. The fourth-order valence-corrected chi connectivity index (χ4v) is 16.0. The monoisotopic (exact) mass is 1230 g/mol. The maximum absolute atomic E-state index is 6.21. The zero-order valence-corrected chi connectivity index (χ0v) is 56.8. The molecule has 16 rings (SSSR count). The van der Waals surface area contributed by atoms with Gasteiger partial charge in [-0.25, -0.2) is 38.0 Å². The molecule has 0 atom stereocenters. The highest BCUT2D eigenvalue weighted by Crippen LogP contribution is 2.52. The molecule has 0 N–H and O–H groups in total. The average molecular weight is 1230 g/mol. The molecule has 484 valence electrons. The fraction of sp³-hybridized carbons (Fsp3) is 0.657. The predicted octanol–water partition coefficient (Wildman–Crippen LogP) is 14.3. The van der Waals surface area contributed by atoms with Crippen LogP contribution in [0.2, 0.25) is 0 Å². The molecule has 20 heteroatoms. The van der Waals surface area contributed by atoms with Crippen LogP contribution in [0.4, 0.5) is 23.3 Å². The van der Waals surface area contributed by atoms with Crippen LogP contribution in [0.1, 0.15) is 247 Å². The SMILES string of the molecule is CC(C)c1cnn2cc3c(nc12)N(C(C)C)C1(CC1)CO3.CC(C)c1cnn2cc3c(nc12)N(C(C)C)C1(CCC1)CO3.CC(C)c1cnn2cc3c(nc12)N(C(C)C)C1(CCCC1)CO3.CC(C)c1cnn2cc3c(nc12)N(C(C)C)C1(CCCCC1)CO3. The number of fused-ring (bicyclic) bond motifs is 8. The van der Waals surface area contributed by atoms with Gasteiger partial charge in [-0.1, -0.05) is 87.5 Å². The molecule has 12 heterocycles. The third-order valence-corrected chi connectivity index (χ3v) is 20.8. The van der Waals surface area contributed by atoms with Crippen molar-refractivity contribution < 1.29 is 18.9 Å². The topological polar surface area (TPSA) is 171 Å². The van der Waals surface area contributed by atoms with Gasteiger partial charge in [0, 0.05) is 46.4 Å². The maximum Gasteiger partial charge on any atom is 0.180 e. The molecule has 0 radical (unpaired) electrons. The first kappa shape index (κ1) is 61.7. The van der Waals surface area contributed by atoms with E-state index in [1.54, 1.807) is 0 Å². The Labute approximate surface area is 532 Å². The zero-order chi connectivity index (χ0) is 63.3. The summed E-state index contributed by atoms with van der Waals surface area (Å²) in [6, 6.07) is 1.67. The second kappa shape index (κ2) is 23.5. The number of rotatable bonds is 8. The molecule has 8 aromatic heterocycles. The molecule has 4 fully saturated rings. The van der Waals surface area contributed by atoms with E-state index in [9.17, 15) is 0 Å². The van der Waals surface area contributed by atoms with E-state index in [2.05, 4.69) is 151 Å². The van der Waals surface area contributed by atoms with E-state index in [1.807, 2.05) is 67.6 Å². The van der Waals surface area contributed by atoms with Crippen molar-refractivity contribution in [3.05, 3.63) is 71.8 Å². The first-order valence-corrected chi connectivity index (χ1v) is 34.3. The Hall–Kier alpha value is -7.12. The van der Waals surface area contributed by atoms with Crippen LogP contribution >= 0.6 is 0 Å². The molecular formula is C70H100N16O4. The zero-order valence-electron chi connectivity index (χ0n) is 56.8. The lowest BCUT2D eigenvalue weighted by Gasteiger charge is -2.54. The summed E-state index contributed by atoms with van der Waals surface area (Å²) >= 11 is 0. The van der Waals surface area contributed by atoms with Gasteiger partial charge in [0.1, 0.15) is 26.4 Å². The van der Waals surface area contributed by atoms with E-state index in [4.69, 9.17) is 38.9 Å². The van der Waals surface area contributed by atoms with Gasteiger partial charge in [0.05, 0.1) is 71.7 Å². The van der Waals surface area contributed by atoms with Gasteiger partial charge in [0.15, 0.2) is 68.9 Å². The van der Waals surface area contributed by atoms with Crippen molar-refractivity contribution in [3.63, 3.8) is 0 Å². The highest BCUT2D eigenvalue weighted by atomic mass is 16.5. The molecular weight excluding hydrogens is 1130 g/mol. The number of ether oxygens (including phenoxy) is 4. The quantitative estimate of drug-likeness (QED) is 0.141. The van der Waals surface area contributed by atoms with E-state index in [1.165, 1.54) is 112 Å². The van der Waals surface area contributed by atoms with Crippen LogP contribution in [0.15, 0.2) is 49.6 Å². The molecule has 4 aliphatic carbocycles. The molecule has 4 saturated carbocycles. The molecule has 0 saturated heterocycles. The Morgan fingerprint density at radius 1 is 0.300 bits per heavy atom. The third kappa shape index (κ3) is 10.6. The van der Waals surface area contributed by atoms with Crippen molar-refractivity contribution in [3.8, 4) is 23.0 Å². The summed E-state index contributed by atoms with van der Waals surface area (Å²) in [5.74, 6) is 9.09. The number of hydrogen-bond acceptors (Lipinski definition) is 16. The lowest BCUT2D eigenvalue weighted by atomic mass is 9.74. The molecule has 0 unspecified atom stereocenters. The van der Waals surface area contributed by atoms with Crippen LogP contribution in [0.25, 0.3) is 22.6 Å². The van der Waals surface area contributed by atoms with Gasteiger partial charge >= 0.3 is 0 Å². The molecule has 8 aliphatic rings. The minimum absolute atomic E-state index is 0.114. The molecule has 4 aliphatic heterocycles. The van der Waals surface area contributed by atoms with Crippen LogP contribution < -0.4 is 38.5 Å². The first-order valence-electron chi connectivity index (χ1n) is 34.3. The largest absolute Gasteiger partial charge is 0.486 e. The van der Waals surface area contributed by atoms with Crippen LogP contribution in [-0.2, 0) is 0 Å². The smallest absolute Gasteiger partial charge is 0.180 e. The lowest BCUT2D eigenvalue weighted by Crippen LogP contribution is -2.62. The van der Waals surface area contributed by atoms with E-state index in [-0.39, 0.29) is 22.2 Å². The van der Waals surface area contributed by atoms with Gasteiger partial charge in [0.2, 0.25) is 0 Å². The highest BCUT2D eigenvalue weighted by Gasteiger charge is 2.54.